The topological polar surface area (TPSA) is 0 Å². The highest BCUT2D eigenvalue weighted by Crippen LogP contribution is 2.26. The van der Waals surface area contributed by atoms with Crippen LogP contribution in [-0.2, 0) is 0 Å². The second-order valence-electron chi connectivity index (χ2n) is 2.65. The van der Waals surface area contributed by atoms with Crippen molar-refractivity contribution >= 4 is 12.6 Å². The van der Waals surface area contributed by atoms with Crippen LogP contribution in [0, 0.1) is 0 Å². The van der Waals surface area contributed by atoms with Gasteiger partial charge in [-0.3, -0.25) is 0 Å². The van der Waals surface area contributed by atoms with Crippen LogP contribution < -0.4 is 0 Å². The molecule has 0 nitrogen and oxygen atoms in total. The van der Waals surface area contributed by atoms with Gasteiger partial charge in [0.15, 0.2) is 0 Å². The average Bonchev–Trinajstić information content (AvgIpc) is 1.65. The maximum atomic E-state index is 4.43. The molecule has 46 valence electrons. The van der Waals surface area contributed by atoms with E-state index in [0.29, 0.717) is 0 Å². The lowest BCUT2D eigenvalue weighted by Gasteiger charge is -2.21. The zero-order valence-electron chi connectivity index (χ0n) is 5.22. The van der Waals surface area contributed by atoms with Crippen molar-refractivity contribution in [3.63, 3.8) is 0 Å². The van der Waals surface area contributed by atoms with Crippen LogP contribution in [0.25, 0.3) is 0 Å². The molecule has 0 radical (unpaired) electrons. The first-order chi connectivity index (χ1) is 3.71. The van der Waals surface area contributed by atoms with Gasteiger partial charge in [-0.05, 0) is 26.2 Å². The first-order valence-electron chi connectivity index (χ1n) is 3.11. The van der Waals surface area contributed by atoms with Crippen LogP contribution >= 0.6 is 12.6 Å². The van der Waals surface area contributed by atoms with Crippen molar-refractivity contribution in [3.8, 4) is 0 Å². The van der Waals surface area contributed by atoms with Gasteiger partial charge in [0, 0.05) is 4.75 Å². The highest BCUT2D eigenvalue weighted by Gasteiger charge is 2.15. The van der Waals surface area contributed by atoms with E-state index in [0.717, 1.165) is 0 Å². The first-order valence-corrected chi connectivity index (χ1v) is 3.55. The fourth-order valence-corrected chi connectivity index (χ4v) is 1.26. The third kappa shape index (κ3) is 1.55. The van der Waals surface area contributed by atoms with Crippen molar-refractivity contribution in [3.05, 3.63) is 12.2 Å². The second-order valence-corrected chi connectivity index (χ2v) is 3.67. The molecule has 0 heterocycles. The largest absolute Gasteiger partial charge is 0.169 e. The molecule has 1 rings (SSSR count). The van der Waals surface area contributed by atoms with Crippen LogP contribution in [0.15, 0.2) is 12.2 Å². The van der Waals surface area contributed by atoms with Gasteiger partial charge in [-0.15, -0.1) is 0 Å². The maximum absolute atomic E-state index is 4.43. The molecule has 0 fully saturated rings. The van der Waals surface area contributed by atoms with E-state index >= 15 is 0 Å². The Morgan fingerprint density at radius 2 is 2.38 bits per heavy atom. The Kier molecular flexibility index (Phi) is 1.66. The van der Waals surface area contributed by atoms with Gasteiger partial charge in [-0.1, -0.05) is 12.2 Å². The van der Waals surface area contributed by atoms with Crippen molar-refractivity contribution in [1.82, 2.24) is 0 Å². The van der Waals surface area contributed by atoms with Crippen molar-refractivity contribution in [2.45, 2.75) is 30.9 Å². The molecule has 0 N–H and O–H groups in total. The third-order valence-electron chi connectivity index (χ3n) is 1.53. The molecular formula is C7H12S. The molecule has 0 saturated carbocycles. The SMILES string of the molecule is C[C@@]1(S)C=CCCC1. The van der Waals surface area contributed by atoms with Gasteiger partial charge in [0.2, 0.25) is 0 Å². The summed E-state index contributed by atoms with van der Waals surface area (Å²) in [5, 5.41) is 0. The smallest absolute Gasteiger partial charge is 0.0280 e. The van der Waals surface area contributed by atoms with Gasteiger partial charge in [0.1, 0.15) is 0 Å². The van der Waals surface area contributed by atoms with E-state index in [9.17, 15) is 0 Å². The highest BCUT2D eigenvalue weighted by molar-refractivity contribution is 7.82. The van der Waals surface area contributed by atoms with E-state index in [1.165, 1.54) is 19.3 Å². The summed E-state index contributed by atoms with van der Waals surface area (Å²) in [4.78, 5) is 0. The van der Waals surface area contributed by atoms with Crippen LogP contribution in [0.2, 0.25) is 0 Å². The van der Waals surface area contributed by atoms with Gasteiger partial charge in [-0.25, -0.2) is 0 Å². The molecule has 1 aliphatic carbocycles. The Morgan fingerprint density at radius 1 is 1.62 bits per heavy atom. The van der Waals surface area contributed by atoms with Gasteiger partial charge < -0.3 is 0 Å². The Labute approximate surface area is 56.4 Å². The molecule has 0 spiro atoms. The molecule has 0 aromatic carbocycles. The fourth-order valence-electron chi connectivity index (χ4n) is 0.998. The summed E-state index contributed by atoms with van der Waals surface area (Å²) in [6, 6.07) is 0. The number of hydrogen-bond acceptors (Lipinski definition) is 1. The van der Waals surface area contributed by atoms with E-state index < -0.39 is 0 Å². The van der Waals surface area contributed by atoms with E-state index in [4.69, 9.17) is 0 Å². The maximum Gasteiger partial charge on any atom is 0.0280 e. The molecule has 0 saturated heterocycles. The van der Waals surface area contributed by atoms with Crippen LogP contribution in [0.4, 0.5) is 0 Å². The van der Waals surface area contributed by atoms with Crippen molar-refractivity contribution in [2.75, 3.05) is 0 Å². The number of hydrogen-bond donors (Lipinski definition) is 1. The summed E-state index contributed by atoms with van der Waals surface area (Å²) < 4.78 is 0.193. The van der Waals surface area contributed by atoms with E-state index in [2.05, 4.69) is 31.7 Å². The lowest BCUT2D eigenvalue weighted by Crippen LogP contribution is -2.14. The normalized spacial score (nSPS) is 37.8. The summed E-state index contributed by atoms with van der Waals surface area (Å²) >= 11 is 4.43. The van der Waals surface area contributed by atoms with Gasteiger partial charge >= 0.3 is 0 Å². The van der Waals surface area contributed by atoms with Gasteiger partial charge in [-0.2, -0.15) is 12.6 Å². The summed E-state index contributed by atoms with van der Waals surface area (Å²) in [5.41, 5.74) is 0. The molecular weight excluding hydrogens is 116 g/mol. The Hall–Kier alpha value is 0.0900. The number of thiol groups is 1. The molecule has 0 amide bonds. The molecule has 1 heteroatoms. The van der Waals surface area contributed by atoms with E-state index in [-0.39, 0.29) is 4.75 Å². The monoisotopic (exact) mass is 128 g/mol. The standard InChI is InChI=1S/C7H12S/c1-7(8)5-3-2-4-6-7/h3,5,8H,2,4,6H2,1H3/t7-/m1/s1. The van der Waals surface area contributed by atoms with Gasteiger partial charge in [0.05, 0.1) is 0 Å². The van der Waals surface area contributed by atoms with Crippen LogP contribution in [0.3, 0.4) is 0 Å². The Balaban J connectivity index is 2.56. The molecule has 0 aromatic heterocycles. The summed E-state index contributed by atoms with van der Waals surface area (Å²) in [6.07, 6.45) is 8.19. The average molecular weight is 128 g/mol. The van der Waals surface area contributed by atoms with Crippen molar-refractivity contribution in [1.29, 1.82) is 0 Å². The highest BCUT2D eigenvalue weighted by atomic mass is 32.1. The minimum Gasteiger partial charge on any atom is -0.169 e. The molecule has 0 aliphatic heterocycles. The Bertz CT molecular complexity index is 103. The van der Waals surface area contributed by atoms with Crippen LogP contribution in [0.5, 0.6) is 0 Å². The molecule has 8 heavy (non-hydrogen) atoms. The van der Waals surface area contributed by atoms with E-state index in [1.54, 1.807) is 0 Å². The fraction of sp³-hybridized carbons (Fsp3) is 0.714. The van der Waals surface area contributed by atoms with Gasteiger partial charge in [0.25, 0.3) is 0 Å². The molecule has 1 atom stereocenters. The zero-order valence-corrected chi connectivity index (χ0v) is 6.12. The van der Waals surface area contributed by atoms with Crippen LogP contribution in [0.1, 0.15) is 26.2 Å². The summed E-state index contributed by atoms with van der Waals surface area (Å²) in [6.45, 7) is 2.16. The van der Waals surface area contributed by atoms with Crippen LogP contribution in [-0.4, -0.2) is 4.75 Å². The molecule has 1 aliphatic rings. The third-order valence-corrected chi connectivity index (χ3v) is 1.90. The molecule has 0 bridgehead atoms. The first kappa shape index (κ1) is 6.21. The minimum absolute atomic E-state index is 0.193. The summed E-state index contributed by atoms with van der Waals surface area (Å²) in [5.74, 6) is 0. The predicted octanol–water partition coefficient (Wildman–Crippen LogP) is 2.42. The van der Waals surface area contributed by atoms with E-state index in [1.807, 2.05) is 0 Å². The van der Waals surface area contributed by atoms with Crippen molar-refractivity contribution in [2.24, 2.45) is 0 Å². The van der Waals surface area contributed by atoms with Crippen molar-refractivity contribution < 1.29 is 0 Å². The predicted molar refractivity (Wildman–Crippen MR) is 40.4 cm³/mol. The lowest BCUT2D eigenvalue weighted by molar-refractivity contribution is 0.629. The lowest BCUT2D eigenvalue weighted by atomic mass is 9.97. The second kappa shape index (κ2) is 2.14. The summed E-state index contributed by atoms with van der Waals surface area (Å²) in [7, 11) is 0. The molecule has 0 unspecified atom stereocenters. The number of allylic oxidation sites excluding steroid dienone is 1. The molecule has 0 aromatic rings. The Morgan fingerprint density at radius 3 is 2.62 bits per heavy atom. The number of rotatable bonds is 0. The zero-order chi connectivity index (χ0) is 6.04. The minimum atomic E-state index is 0.193. The quantitative estimate of drug-likeness (QED) is 0.376.